The molecular formula is C114H151BrN16O12Sn. The number of nitrogens with one attached hydrogen (secondary N) is 2. The van der Waals surface area contributed by atoms with Crippen LogP contribution in [0.1, 0.15) is 284 Å². The Bertz CT molecular complexity index is 6210. The molecule has 3 fully saturated rings. The van der Waals surface area contributed by atoms with Crippen molar-refractivity contribution >= 4 is 158 Å². The van der Waals surface area contributed by atoms with Crippen molar-refractivity contribution in [1.29, 1.82) is 5.26 Å². The van der Waals surface area contributed by atoms with E-state index in [2.05, 4.69) is 138 Å². The Kier molecular flexibility index (Phi) is 42.1. The van der Waals surface area contributed by atoms with Gasteiger partial charge in [-0.2, -0.15) is 20.0 Å². The van der Waals surface area contributed by atoms with Gasteiger partial charge in [-0.25, -0.2) is 53.7 Å². The van der Waals surface area contributed by atoms with Crippen LogP contribution in [-0.4, -0.2) is 148 Å². The maximum atomic E-state index is 13.0. The van der Waals surface area contributed by atoms with Crippen LogP contribution >= 0.6 is 15.9 Å². The van der Waals surface area contributed by atoms with Crippen LogP contribution < -0.4 is 40.5 Å². The van der Waals surface area contributed by atoms with Crippen molar-refractivity contribution in [2.75, 3.05) is 45.8 Å². The number of halogens is 1. The van der Waals surface area contributed by atoms with Gasteiger partial charge in [0, 0.05) is 92.8 Å². The molecule has 0 bridgehead atoms. The molecule has 3 aliphatic rings. The molecule has 7 aromatic heterocycles. The number of nitriles is 1. The fourth-order valence-corrected chi connectivity index (χ4v) is 32.8. The molecule has 5 aromatic carbocycles. The molecule has 28 nitrogen and oxygen atoms in total. The molecule has 3 aliphatic heterocycles. The predicted molar refractivity (Wildman–Crippen MR) is 587 cm³/mol. The van der Waals surface area contributed by atoms with Gasteiger partial charge in [0.1, 0.15) is 45.2 Å². The summed E-state index contributed by atoms with van der Waals surface area (Å²) < 4.78 is 39.7. The van der Waals surface area contributed by atoms with Gasteiger partial charge < -0.3 is 55.4 Å². The standard InChI is InChI=1S/C24H33N3O4.C24H27N3O4.C19H23BrN2O4.C15H16N4.C14H17N3.C5H4N.3C4H9.CH4.Sn/c2*1-23(2,3)30-21(28)27(22(29)31-24(4,5)6)20-18-11-10-17(15-16(18)12-14-26-20)19-9-7-8-13-25-19;1-18(2,3)25-16(23)22(17(24)26-19(4,5)6)15-14-8-7-13(20)11-12(14)9-10-21-15;16-10-19-8-2-1-3-14(19)12-4-5-13-11(9-12)6-7-18-15(13)17;15-14-12-5-4-11(9-10(12)6-8-17-14)13-3-1-2-7-16-13;1-2-4-6-5-3-1;3*1-3-4-2;;/h10-12,14-15,19,25H,7-9,13H2,1-6H3;7-15H,1-6H3;7-11H,1-6H3;4-7,9,14H,1-3,8H2,(H2,17,18);4-6,8-9,13,16H,1-3,7H2,(H2,15,17);1-4H;3*1,3-4H2,2H3;1H4;. The van der Waals surface area contributed by atoms with Crippen molar-refractivity contribution in [1.82, 2.24) is 50.4 Å². The molecule has 3 saturated heterocycles. The molecule has 0 radical (unpaired) electrons. The van der Waals surface area contributed by atoms with Crippen LogP contribution in [0, 0.1) is 11.5 Å². The van der Waals surface area contributed by atoms with E-state index >= 15 is 0 Å². The molecule has 144 heavy (non-hydrogen) atoms. The number of hydrogen-bond acceptors (Lipinski definition) is 25. The van der Waals surface area contributed by atoms with Gasteiger partial charge in [0.2, 0.25) is 0 Å². The van der Waals surface area contributed by atoms with Crippen molar-refractivity contribution in [3.63, 3.8) is 0 Å². The molecule has 0 aliphatic carbocycles. The van der Waals surface area contributed by atoms with Gasteiger partial charge in [0.05, 0.1) is 11.7 Å². The summed E-state index contributed by atoms with van der Waals surface area (Å²) in [5.74, 6) is 1.69. The molecule has 0 saturated carbocycles. The number of ether oxygens (including phenoxy) is 6. The Morgan fingerprint density at radius 3 is 1.10 bits per heavy atom. The average Bonchev–Trinajstić information content (AvgIpc) is 0.777. The Morgan fingerprint density at radius 2 is 0.736 bits per heavy atom. The number of carbonyl (C=O) groups excluding carboxylic acids is 6. The third-order valence-electron chi connectivity index (χ3n) is 23.6. The minimum Gasteiger partial charge on any atom is -0.383 e. The van der Waals surface area contributed by atoms with Crippen molar-refractivity contribution in [2.24, 2.45) is 0 Å². The van der Waals surface area contributed by atoms with Gasteiger partial charge >= 0.3 is 161 Å². The maximum absolute atomic E-state index is 13.0. The van der Waals surface area contributed by atoms with Gasteiger partial charge in [0.25, 0.3) is 0 Å². The minimum absolute atomic E-state index is 0. The van der Waals surface area contributed by atoms with Crippen LogP contribution in [0.5, 0.6) is 0 Å². The summed E-state index contributed by atoms with van der Waals surface area (Å²) in [5, 5.41) is 25.1. The first kappa shape index (κ1) is 115. The number of rotatable bonds is 17. The Hall–Kier alpha value is -12.2. The zero-order chi connectivity index (χ0) is 104. The summed E-state index contributed by atoms with van der Waals surface area (Å²) in [6.07, 6.45) is 28.1. The molecule has 770 valence electrons. The number of carbonyl (C=O) groups is 6. The molecule has 3 unspecified atom stereocenters. The summed E-state index contributed by atoms with van der Waals surface area (Å²) in [7, 11) is 0. The number of nitrogens with two attached hydrogens (primary N) is 2. The number of nitrogens with zero attached hydrogens (tertiary/aromatic N) is 12. The number of amides is 6. The van der Waals surface area contributed by atoms with Crippen molar-refractivity contribution in [2.45, 2.75) is 314 Å². The first-order valence-corrected chi connectivity index (χ1v) is 58.3. The number of unbranched alkanes of at least 4 members (excludes halogenated alkanes) is 3. The molecule has 10 heterocycles. The number of piperidine rings is 3. The van der Waals surface area contributed by atoms with E-state index in [-0.39, 0.29) is 30.9 Å². The summed E-state index contributed by atoms with van der Waals surface area (Å²) >= 11 is 1.21. The fraction of sp³-hybridized carbons (Fsp3) is 0.456. The van der Waals surface area contributed by atoms with Gasteiger partial charge in [-0.15, -0.1) is 0 Å². The average molecular weight is 2140 g/mol. The van der Waals surface area contributed by atoms with E-state index in [1.807, 2.05) is 102 Å². The molecule has 6 N–H and O–H groups in total. The van der Waals surface area contributed by atoms with E-state index in [0.29, 0.717) is 39.9 Å². The number of anilines is 5. The van der Waals surface area contributed by atoms with E-state index < -0.39 is 88.5 Å². The van der Waals surface area contributed by atoms with Crippen LogP contribution in [0.25, 0.3) is 65.1 Å². The molecule has 6 amide bonds. The Morgan fingerprint density at radius 1 is 0.396 bits per heavy atom. The zero-order valence-corrected chi connectivity index (χ0v) is 91.9. The molecule has 0 spiro atoms. The van der Waals surface area contributed by atoms with Gasteiger partial charge in [0.15, 0.2) is 23.6 Å². The Labute approximate surface area is 864 Å². The molecule has 12 aromatic rings. The number of aromatic nitrogens is 7. The van der Waals surface area contributed by atoms with Crippen LogP contribution in [0.15, 0.2) is 206 Å². The largest absolute Gasteiger partial charge is 0.383 e. The second-order valence-corrected chi connectivity index (χ2v) is 56.2. The minimum atomic E-state index is -2.21. The van der Waals surface area contributed by atoms with Crippen LogP contribution in [0.2, 0.25) is 13.3 Å². The fourth-order valence-electron chi connectivity index (χ4n) is 17.0. The topological polar surface area (TPSA) is 361 Å². The van der Waals surface area contributed by atoms with E-state index in [1.165, 1.54) is 119 Å². The van der Waals surface area contributed by atoms with Crippen molar-refractivity contribution < 1.29 is 57.2 Å². The van der Waals surface area contributed by atoms with E-state index in [9.17, 15) is 34.0 Å². The second-order valence-electron chi connectivity index (χ2n) is 42.3. The summed E-state index contributed by atoms with van der Waals surface area (Å²) in [6.45, 7) is 41.2. The number of fused-ring (bicyclic) bond motifs is 5. The molecular weight excluding hydrogens is 1980 g/mol. The maximum Gasteiger partial charge on any atom is 0.179 e. The number of imide groups is 3. The number of pyridine rings is 7. The SMILES string of the molecule is C.CC(C)(C)OC(=O)N(C(=O)OC(C)(C)C)c1nccc2cc(-c3ccccn3)ccc12.CC(C)(C)OC(=O)N(C(=O)OC(C)(C)C)c1nccc2cc(Br)ccc12.CC(C)(C)OC(=O)N(C(=O)OC(C)(C)C)c1nccc2cc(C3CCCCN3)ccc12.CCC[CH2][Sn]([CH2]CCC)([CH2]CCC)[c]1ccccn1.N#CN1CCCCC1c1ccc2c(N)nccc2c1.Nc1nccc2cc(C3CCCCN3)ccc12. The Balaban J connectivity index is 0.000000195. The van der Waals surface area contributed by atoms with Crippen molar-refractivity contribution in [3.8, 4) is 17.5 Å². The quantitative estimate of drug-likeness (QED) is 0.0374. The van der Waals surface area contributed by atoms with Crippen LogP contribution in [0.4, 0.5) is 57.9 Å². The first-order chi connectivity index (χ1) is 67.7. The van der Waals surface area contributed by atoms with E-state index in [4.69, 9.17) is 44.9 Å². The van der Waals surface area contributed by atoms with Crippen LogP contribution in [0.3, 0.4) is 0 Å². The summed E-state index contributed by atoms with van der Waals surface area (Å²) in [5.41, 5.74) is 12.5. The van der Waals surface area contributed by atoms with E-state index in [0.717, 1.165) is 102 Å². The van der Waals surface area contributed by atoms with Gasteiger partial charge in [-0.05, 0) is 317 Å². The number of hydrogen-bond donors (Lipinski definition) is 4. The summed E-state index contributed by atoms with van der Waals surface area (Å²) in [4.78, 5) is 112. The second kappa shape index (κ2) is 52.5. The number of likely N-dealkylation sites (tertiary alicyclic amines) is 1. The molecule has 3 atom stereocenters. The third kappa shape index (κ3) is 34.2. The van der Waals surface area contributed by atoms with Crippen molar-refractivity contribution in [3.05, 3.63) is 222 Å². The zero-order valence-electron chi connectivity index (χ0n) is 87.4. The van der Waals surface area contributed by atoms with Crippen LogP contribution in [-0.2, 0) is 28.4 Å². The summed E-state index contributed by atoms with van der Waals surface area (Å²) in [6, 6.07) is 52.6. The van der Waals surface area contributed by atoms with E-state index in [1.54, 1.807) is 171 Å². The van der Waals surface area contributed by atoms with Gasteiger partial charge in [-0.1, -0.05) is 84.7 Å². The van der Waals surface area contributed by atoms with Gasteiger partial charge in [-0.3, -0.25) is 4.98 Å². The predicted octanol–water partition coefficient (Wildman–Crippen LogP) is 28.6. The smallest absolute Gasteiger partial charge is 0.179 e. The molecule has 15 rings (SSSR count). The first-order valence-electron chi connectivity index (χ1n) is 50.0. The third-order valence-corrected chi connectivity index (χ3v) is 39.2. The normalized spacial score (nSPS) is 15.0. The number of nitrogen functional groups attached to an aromatic ring is 2. The molecule has 30 heteroatoms. The number of benzene rings is 5. The monoisotopic (exact) mass is 2130 g/mol.